The van der Waals surface area contributed by atoms with Gasteiger partial charge in [0.05, 0.1) is 11.1 Å². The molecule has 0 saturated heterocycles. The Morgan fingerprint density at radius 2 is 1.77 bits per heavy atom. The molecular formula is C24H20F3N5O3. The van der Waals surface area contributed by atoms with Crippen molar-refractivity contribution in [2.24, 2.45) is 0 Å². The largest absolute Gasteiger partial charge is 0.416 e. The molecule has 0 fully saturated rings. The predicted octanol–water partition coefficient (Wildman–Crippen LogP) is 3.39. The van der Waals surface area contributed by atoms with E-state index in [-0.39, 0.29) is 16.9 Å². The van der Waals surface area contributed by atoms with Gasteiger partial charge in [0, 0.05) is 18.4 Å². The van der Waals surface area contributed by atoms with E-state index >= 15 is 0 Å². The summed E-state index contributed by atoms with van der Waals surface area (Å²) in [5.41, 5.74) is 0.804. The van der Waals surface area contributed by atoms with Crippen molar-refractivity contribution >= 4 is 23.1 Å². The highest BCUT2D eigenvalue weighted by Gasteiger charge is 2.30. The number of hydrogen-bond acceptors (Lipinski definition) is 4. The lowest BCUT2D eigenvalue weighted by molar-refractivity contribution is -0.137. The van der Waals surface area contributed by atoms with Gasteiger partial charge < -0.3 is 10.6 Å². The zero-order valence-electron chi connectivity index (χ0n) is 18.5. The molecule has 2 N–H and O–H groups in total. The Balaban J connectivity index is 1.45. The van der Waals surface area contributed by atoms with Crippen molar-refractivity contribution in [2.45, 2.75) is 26.2 Å². The number of rotatable bonds is 6. The number of halogens is 3. The molecule has 0 saturated carbocycles. The first-order chi connectivity index (χ1) is 16.6. The van der Waals surface area contributed by atoms with Gasteiger partial charge in [0.1, 0.15) is 6.54 Å². The summed E-state index contributed by atoms with van der Waals surface area (Å²) in [6.45, 7) is 1.75. The van der Waals surface area contributed by atoms with Gasteiger partial charge in [-0.15, -0.1) is 5.10 Å². The van der Waals surface area contributed by atoms with Crippen LogP contribution < -0.4 is 16.3 Å². The summed E-state index contributed by atoms with van der Waals surface area (Å²) in [6, 6.07) is 14.8. The number of fused-ring (bicyclic) bond motifs is 1. The van der Waals surface area contributed by atoms with Gasteiger partial charge in [0.2, 0.25) is 5.91 Å². The molecule has 11 heteroatoms. The summed E-state index contributed by atoms with van der Waals surface area (Å²) in [4.78, 5) is 37.5. The molecule has 35 heavy (non-hydrogen) atoms. The van der Waals surface area contributed by atoms with Gasteiger partial charge >= 0.3 is 11.9 Å². The van der Waals surface area contributed by atoms with E-state index in [1.807, 2.05) is 31.2 Å². The monoisotopic (exact) mass is 483 g/mol. The quantitative estimate of drug-likeness (QED) is 0.439. The number of nitrogens with zero attached hydrogens (tertiary/aromatic N) is 3. The third-order valence-electron chi connectivity index (χ3n) is 5.18. The zero-order chi connectivity index (χ0) is 25.2. The maximum absolute atomic E-state index is 12.9. The summed E-state index contributed by atoms with van der Waals surface area (Å²) in [7, 11) is 0. The van der Waals surface area contributed by atoms with Crippen molar-refractivity contribution in [3.8, 4) is 0 Å². The first kappa shape index (κ1) is 23.7. The molecule has 0 unspecified atom stereocenters. The SMILES string of the molecule is Cc1ccc(CNC(=O)c2ccc3nn(CC(=O)Nc4cccc(C(F)(F)F)c4)c(=O)n3c2)cc1. The maximum Gasteiger partial charge on any atom is 0.416 e. The van der Waals surface area contributed by atoms with Gasteiger partial charge in [-0.25, -0.2) is 13.9 Å². The molecule has 2 aromatic heterocycles. The average Bonchev–Trinajstić information content (AvgIpc) is 3.12. The highest BCUT2D eigenvalue weighted by Crippen LogP contribution is 2.30. The Labute approximate surface area is 197 Å². The lowest BCUT2D eigenvalue weighted by Crippen LogP contribution is -2.28. The zero-order valence-corrected chi connectivity index (χ0v) is 18.5. The topological polar surface area (TPSA) is 97.5 Å². The Bertz CT molecular complexity index is 1460. The van der Waals surface area contributed by atoms with E-state index in [0.717, 1.165) is 32.3 Å². The van der Waals surface area contributed by atoms with E-state index in [1.165, 1.54) is 30.5 Å². The van der Waals surface area contributed by atoms with Crippen molar-refractivity contribution in [2.75, 3.05) is 5.32 Å². The second-order valence-electron chi connectivity index (χ2n) is 7.88. The number of nitrogens with one attached hydrogen (secondary N) is 2. The fourth-order valence-electron chi connectivity index (χ4n) is 3.36. The van der Waals surface area contributed by atoms with Gasteiger partial charge in [-0.3, -0.25) is 9.59 Å². The lowest BCUT2D eigenvalue weighted by Gasteiger charge is -2.09. The molecule has 4 rings (SSSR count). The van der Waals surface area contributed by atoms with Crippen LogP contribution in [0.4, 0.5) is 18.9 Å². The fourth-order valence-corrected chi connectivity index (χ4v) is 3.36. The highest BCUT2D eigenvalue weighted by molar-refractivity contribution is 5.94. The number of carbonyl (C=O) groups is 2. The summed E-state index contributed by atoms with van der Waals surface area (Å²) < 4.78 is 40.6. The number of pyridine rings is 1. The van der Waals surface area contributed by atoms with Crippen LogP contribution in [0.3, 0.4) is 0 Å². The van der Waals surface area contributed by atoms with Gasteiger partial charge in [-0.1, -0.05) is 35.9 Å². The maximum atomic E-state index is 12.9. The van der Waals surface area contributed by atoms with Crippen LogP contribution in [-0.4, -0.2) is 26.0 Å². The molecule has 2 amide bonds. The highest BCUT2D eigenvalue weighted by atomic mass is 19.4. The standard InChI is InChI=1S/C24H20F3N5O3/c1-15-5-7-16(8-6-15)12-28-22(34)17-9-10-20-30-32(23(35)31(20)13-17)14-21(33)29-19-4-2-3-18(11-19)24(25,26)27/h2-11,13H,12,14H2,1H3,(H,28,34)(H,29,33). The minimum absolute atomic E-state index is 0.0610. The molecule has 0 radical (unpaired) electrons. The molecule has 2 heterocycles. The fraction of sp³-hybridized carbons (Fsp3) is 0.167. The molecule has 0 aliphatic heterocycles. The van der Waals surface area contributed by atoms with Gasteiger partial charge in [0.25, 0.3) is 5.91 Å². The van der Waals surface area contributed by atoms with Gasteiger partial charge in [0.15, 0.2) is 5.65 Å². The van der Waals surface area contributed by atoms with Crippen molar-refractivity contribution in [3.05, 3.63) is 99.6 Å². The first-order valence-electron chi connectivity index (χ1n) is 10.5. The Kier molecular flexibility index (Phi) is 6.41. The molecular weight excluding hydrogens is 463 g/mol. The summed E-state index contributed by atoms with van der Waals surface area (Å²) in [6.07, 6.45) is -3.24. The number of carbonyl (C=O) groups excluding carboxylic acids is 2. The molecule has 4 aromatic rings. The molecule has 2 aromatic carbocycles. The Hall–Kier alpha value is -4.41. The molecule has 0 atom stereocenters. The van der Waals surface area contributed by atoms with Crippen LogP contribution in [0.5, 0.6) is 0 Å². The third kappa shape index (κ3) is 5.57. The number of anilines is 1. The van der Waals surface area contributed by atoms with Crippen LogP contribution in [0.15, 0.2) is 71.7 Å². The second kappa shape index (κ2) is 9.45. The second-order valence-corrected chi connectivity index (χ2v) is 7.88. The molecule has 0 aliphatic rings. The van der Waals surface area contributed by atoms with E-state index in [2.05, 4.69) is 15.7 Å². The molecule has 8 nitrogen and oxygen atoms in total. The van der Waals surface area contributed by atoms with Gasteiger partial charge in [-0.2, -0.15) is 13.2 Å². The van der Waals surface area contributed by atoms with Crippen LogP contribution in [0.25, 0.3) is 5.65 Å². The van der Waals surface area contributed by atoms with E-state index in [1.54, 1.807) is 0 Å². The number of alkyl halides is 3. The summed E-state index contributed by atoms with van der Waals surface area (Å²) in [5.74, 6) is -1.12. The normalized spacial score (nSPS) is 11.4. The Morgan fingerprint density at radius 3 is 2.49 bits per heavy atom. The molecule has 0 aliphatic carbocycles. The van der Waals surface area contributed by atoms with Crippen molar-refractivity contribution in [3.63, 3.8) is 0 Å². The van der Waals surface area contributed by atoms with E-state index < -0.39 is 35.8 Å². The van der Waals surface area contributed by atoms with Crippen LogP contribution in [0.1, 0.15) is 27.0 Å². The van der Waals surface area contributed by atoms with Crippen LogP contribution in [0, 0.1) is 6.92 Å². The third-order valence-corrected chi connectivity index (χ3v) is 5.18. The lowest BCUT2D eigenvalue weighted by atomic mass is 10.1. The number of benzene rings is 2. The minimum atomic E-state index is -4.55. The summed E-state index contributed by atoms with van der Waals surface area (Å²) >= 11 is 0. The van der Waals surface area contributed by atoms with Crippen LogP contribution in [-0.2, 0) is 24.1 Å². The van der Waals surface area contributed by atoms with Crippen molar-refractivity contribution < 1.29 is 22.8 Å². The van der Waals surface area contributed by atoms with E-state index in [9.17, 15) is 27.6 Å². The number of aromatic nitrogens is 3. The van der Waals surface area contributed by atoms with Crippen LogP contribution in [0.2, 0.25) is 0 Å². The minimum Gasteiger partial charge on any atom is -0.348 e. The van der Waals surface area contributed by atoms with Crippen molar-refractivity contribution in [1.29, 1.82) is 0 Å². The Morgan fingerprint density at radius 1 is 1.03 bits per heavy atom. The molecule has 0 bridgehead atoms. The van der Waals surface area contributed by atoms with E-state index in [4.69, 9.17) is 0 Å². The predicted molar refractivity (Wildman–Crippen MR) is 122 cm³/mol. The molecule has 180 valence electrons. The number of hydrogen-bond donors (Lipinski definition) is 2. The summed E-state index contributed by atoms with van der Waals surface area (Å²) in [5, 5.41) is 9.15. The first-order valence-corrected chi connectivity index (χ1v) is 10.5. The molecule has 0 spiro atoms. The number of aryl methyl sites for hydroxylation is 1. The number of amides is 2. The average molecular weight is 483 g/mol. The van der Waals surface area contributed by atoms with E-state index in [0.29, 0.717) is 6.54 Å². The van der Waals surface area contributed by atoms with Gasteiger partial charge in [-0.05, 0) is 42.8 Å². The smallest absolute Gasteiger partial charge is 0.348 e. The van der Waals surface area contributed by atoms with Crippen LogP contribution >= 0.6 is 0 Å². The van der Waals surface area contributed by atoms with Crippen molar-refractivity contribution in [1.82, 2.24) is 19.5 Å².